The van der Waals surface area contributed by atoms with Crippen molar-refractivity contribution >= 4 is 17.9 Å². The van der Waals surface area contributed by atoms with E-state index < -0.39 is 18.2 Å². The van der Waals surface area contributed by atoms with Gasteiger partial charge in [0.05, 0.1) is 18.8 Å². The summed E-state index contributed by atoms with van der Waals surface area (Å²) in [5.74, 6) is 0.405. The van der Waals surface area contributed by atoms with Crippen molar-refractivity contribution in [1.82, 2.24) is 0 Å². The Morgan fingerprint density at radius 3 is 1.83 bits per heavy atom. The van der Waals surface area contributed by atoms with Crippen LogP contribution in [0.3, 0.4) is 0 Å². The number of carbonyl (C=O) groups excluding carboxylic acids is 3. The van der Waals surface area contributed by atoms with Crippen molar-refractivity contribution in [2.45, 2.75) is 77.4 Å². The van der Waals surface area contributed by atoms with Gasteiger partial charge in [0.25, 0.3) is 0 Å². The van der Waals surface area contributed by atoms with Gasteiger partial charge in [0.15, 0.2) is 0 Å². The SMILES string of the molecule is C=CC(=O)OCCCCCCOc1ccc(CCc2ccc(OC(=O)c3ccc(OC(CCCCC)OC(=O)C=C)cc3)cc2)cc1. The van der Waals surface area contributed by atoms with Crippen molar-refractivity contribution in [2.75, 3.05) is 13.2 Å². The lowest BCUT2D eigenvalue weighted by Crippen LogP contribution is -2.23. The summed E-state index contributed by atoms with van der Waals surface area (Å²) in [4.78, 5) is 35.4. The number of carbonyl (C=O) groups is 3. The van der Waals surface area contributed by atoms with E-state index in [2.05, 4.69) is 32.2 Å². The monoisotopic (exact) mass is 642 g/mol. The third-order valence-electron chi connectivity index (χ3n) is 7.29. The predicted octanol–water partition coefficient (Wildman–Crippen LogP) is 8.37. The van der Waals surface area contributed by atoms with Crippen LogP contribution in [0, 0.1) is 0 Å². The summed E-state index contributed by atoms with van der Waals surface area (Å²) in [5.41, 5.74) is 2.72. The van der Waals surface area contributed by atoms with E-state index in [1.807, 2.05) is 24.3 Å². The third-order valence-corrected chi connectivity index (χ3v) is 7.29. The molecule has 0 bridgehead atoms. The average molecular weight is 643 g/mol. The maximum Gasteiger partial charge on any atom is 0.343 e. The maximum absolute atomic E-state index is 12.7. The molecule has 0 amide bonds. The molecule has 3 rings (SSSR count). The Morgan fingerprint density at radius 2 is 1.23 bits per heavy atom. The first-order valence-corrected chi connectivity index (χ1v) is 16.3. The van der Waals surface area contributed by atoms with E-state index in [1.54, 1.807) is 36.4 Å². The molecule has 0 radical (unpaired) electrons. The molecule has 0 heterocycles. The smallest absolute Gasteiger partial charge is 0.343 e. The van der Waals surface area contributed by atoms with Gasteiger partial charge in [-0.1, -0.05) is 57.2 Å². The number of rotatable bonds is 22. The summed E-state index contributed by atoms with van der Waals surface area (Å²) in [6.07, 6.45) is 10.5. The topological polar surface area (TPSA) is 97.4 Å². The molecule has 3 aromatic carbocycles. The molecule has 1 unspecified atom stereocenters. The molecule has 0 saturated heterocycles. The highest BCUT2D eigenvalue weighted by atomic mass is 16.7. The van der Waals surface area contributed by atoms with Crippen LogP contribution in [-0.4, -0.2) is 37.4 Å². The normalized spacial score (nSPS) is 11.2. The molecule has 1 atom stereocenters. The highest BCUT2D eigenvalue weighted by molar-refractivity contribution is 5.91. The van der Waals surface area contributed by atoms with E-state index in [0.717, 1.165) is 75.2 Å². The van der Waals surface area contributed by atoms with E-state index in [4.69, 9.17) is 23.7 Å². The fourth-order valence-corrected chi connectivity index (χ4v) is 4.61. The minimum atomic E-state index is -0.724. The van der Waals surface area contributed by atoms with Crippen LogP contribution in [0.15, 0.2) is 98.1 Å². The Labute approximate surface area is 278 Å². The molecule has 47 heavy (non-hydrogen) atoms. The molecule has 0 fully saturated rings. The molecule has 3 aromatic rings. The predicted molar refractivity (Wildman–Crippen MR) is 182 cm³/mol. The number of unbranched alkanes of at least 4 members (excludes halogenated alkanes) is 5. The molecule has 0 aliphatic carbocycles. The molecule has 0 spiro atoms. The first kappa shape index (κ1) is 36.6. The fraction of sp³-hybridized carbons (Fsp3) is 0.359. The lowest BCUT2D eigenvalue weighted by Gasteiger charge is -2.18. The Balaban J connectivity index is 1.37. The summed E-state index contributed by atoms with van der Waals surface area (Å²) < 4.78 is 27.5. The van der Waals surface area contributed by atoms with Crippen LogP contribution < -0.4 is 14.2 Å². The zero-order chi connectivity index (χ0) is 33.7. The van der Waals surface area contributed by atoms with E-state index >= 15 is 0 Å². The molecule has 0 saturated carbocycles. The van der Waals surface area contributed by atoms with Crippen LogP contribution in [0.1, 0.15) is 79.8 Å². The second kappa shape index (κ2) is 21.0. The van der Waals surface area contributed by atoms with Crippen molar-refractivity contribution in [2.24, 2.45) is 0 Å². The molecule has 0 aromatic heterocycles. The largest absolute Gasteiger partial charge is 0.494 e. The quantitative estimate of drug-likeness (QED) is 0.0355. The third kappa shape index (κ3) is 14.4. The van der Waals surface area contributed by atoms with Gasteiger partial charge in [-0.2, -0.15) is 0 Å². The summed E-state index contributed by atoms with van der Waals surface area (Å²) >= 11 is 0. The van der Waals surface area contributed by atoms with Crippen LogP contribution >= 0.6 is 0 Å². The zero-order valence-electron chi connectivity index (χ0n) is 27.3. The Bertz CT molecular complexity index is 1390. The van der Waals surface area contributed by atoms with Gasteiger partial charge in [-0.25, -0.2) is 14.4 Å². The molecular weight excluding hydrogens is 596 g/mol. The highest BCUT2D eigenvalue weighted by Gasteiger charge is 2.15. The van der Waals surface area contributed by atoms with Gasteiger partial charge < -0.3 is 23.7 Å². The molecule has 8 nitrogen and oxygen atoms in total. The number of hydrogen-bond donors (Lipinski definition) is 0. The van der Waals surface area contributed by atoms with Gasteiger partial charge in [-0.05, 0) is 105 Å². The van der Waals surface area contributed by atoms with Gasteiger partial charge >= 0.3 is 17.9 Å². The minimum Gasteiger partial charge on any atom is -0.494 e. The fourth-order valence-electron chi connectivity index (χ4n) is 4.61. The van der Waals surface area contributed by atoms with Gasteiger partial charge in [0.2, 0.25) is 6.29 Å². The zero-order valence-corrected chi connectivity index (χ0v) is 27.3. The number of ether oxygens (including phenoxy) is 5. The van der Waals surface area contributed by atoms with Crippen LogP contribution in [0.4, 0.5) is 0 Å². The van der Waals surface area contributed by atoms with E-state index in [1.165, 1.54) is 11.6 Å². The molecule has 0 aliphatic heterocycles. The highest BCUT2D eigenvalue weighted by Crippen LogP contribution is 2.21. The van der Waals surface area contributed by atoms with Crippen LogP contribution in [0.5, 0.6) is 17.2 Å². The van der Waals surface area contributed by atoms with Gasteiger partial charge in [-0.15, -0.1) is 0 Å². The second-order valence-electron chi connectivity index (χ2n) is 11.0. The molecule has 0 N–H and O–H groups in total. The number of hydrogen-bond acceptors (Lipinski definition) is 8. The Morgan fingerprint density at radius 1 is 0.660 bits per heavy atom. The summed E-state index contributed by atoms with van der Waals surface area (Å²) in [6, 6.07) is 22.2. The number of aryl methyl sites for hydroxylation is 2. The van der Waals surface area contributed by atoms with E-state index in [9.17, 15) is 14.4 Å². The van der Waals surface area contributed by atoms with Gasteiger partial charge in [-0.3, -0.25) is 0 Å². The standard InChI is InChI=1S/C39H46O8/c1-4-7-10-13-38(47-37(41)6-3)45-34-26-20-32(21-27-34)39(42)46-35-24-18-31(19-25-35)15-14-30-16-22-33(23-17-30)43-28-11-8-9-12-29-44-36(40)5-2/h5-6,16-27,38H,2-4,7-15,28-29H2,1H3. The first-order valence-electron chi connectivity index (χ1n) is 16.3. The summed E-state index contributed by atoms with van der Waals surface area (Å²) in [5, 5.41) is 0. The number of esters is 3. The van der Waals surface area contributed by atoms with Crippen LogP contribution in [0.2, 0.25) is 0 Å². The van der Waals surface area contributed by atoms with Crippen molar-refractivity contribution < 1.29 is 38.1 Å². The van der Waals surface area contributed by atoms with Gasteiger partial charge in [0, 0.05) is 18.6 Å². The molecule has 250 valence electrons. The second-order valence-corrected chi connectivity index (χ2v) is 11.0. The Hall–Kier alpha value is -4.85. The molecular formula is C39H46O8. The van der Waals surface area contributed by atoms with Crippen molar-refractivity contribution in [1.29, 1.82) is 0 Å². The molecule has 0 aliphatic rings. The average Bonchev–Trinajstić information content (AvgIpc) is 3.09. The summed E-state index contributed by atoms with van der Waals surface area (Å²) in [7, 11) is 0. The lowest BCUT2D eigenvalue weighted by molar-refractivity contribution is -0.158. The molecule has 8 heteroatoms. The van der Waals surface area contributed by atoms with E-state index in [0.29, 0.717) is 36.7 Å². The van der Waals surface area contributed by atoms with Crippen molar-refractivity contribution in [3.63, 3.8) is 0 Å². The Kier molecular flexibility index (Phi) is 16.4. The van der Waals surface area contributed by atoms with Crippen LogP contribution in [-0.2, 0) is 31.9 Å². The lowest BCUT2D eigenvalue weighted by atomic mass is 10.0. The van der Waals surface area contributed by atoms with Crippen molar-refractivity contribution in [3.8, 4) is 17.2 Å². The van der Waals surface area contributed by atoms with Gasteiger partial charge in [0.1, 0.15) is 17.2 Å². The van der Waals surface area contributed by atoms with E-state index in [-0.39, 0.29) is 5.97 Å². The minimum absolute atomic E-state index is 0.376. The van der Waals surface area contributed by atoms with Crippen molar-refractivity contribution in [3.05, 3.63) is 115 Å². The first-order chi connectivity index (χ1) is 22.9. The number of benzene rings is 3. The van der Waals surface area contributed by atoms with Crippen LogP contribution in [0.25, 0.3) is 0 Å². The summed E-state index contributed by atoms with van der Waals surface area (Å²) in [6.45, 7) is 9.99. The maximum atomic E-state index is 12.7.